The number of hydrogen-bond acceptors (Lipinski definition) is 4. The molecular formula is C22H28FN5S. The van der Waals surface area contributed by atoms with Gasteiger partial charge in [0.05, 0.1) is 28.6 Å². The quantitative estimate of drug-likeness (QED) is 0.514. The Kier molecular flexibility index (Phi) is 7.84. The van der Waals surface area contributed by atoms with Crippen LogP contribution in [0.1, 0.15) is 48.5 Å². The highest BCUT2D eigenvalue weighted by Crippen LogP contribution is 2.22. The predicted octanol–water partition coefficient (Wildman–Crippen LogP) is 5.05. The van der Waals surface area contributed by atoms with Gasteiger partial charge in [-0.25, -0.2) is 9.38 Å². The zero-order valence-corrected chi connectivity index (χ0v) is 18.6. The maximum absolute atomic E-state index is 13.1. The number of nitrogens with zero attached hydrogens (tertiary/aromatic N) is 3. The Morgan fingerprint density at radius 2 is 2.03 bits per heavy atom. The molecule has 2 aromatic rings. The average molecular weight is 414 g/mol. The Balaban J connectivity index is 2.27. The van der Waals surface area contributed by atoms with Crippen LogP contribution in [0.4, 0.5) is 4.39 Å². The van der Waals surface area contributed by atoms with Crippen LogP contribution in [0.3, 0.4) is 0 Å². The van der Waals surface area contributed by atoms with Crippen molar-refractivity contribution in [2.24, 2.45) is 9.98 Å². The first-order valence-electron chi connectivity index (χ1n) is 9.30. The van der Waals surface area contributed by atoms with Crippen LogP contribution in [0.15, 0.2) is 57.7 Å². The number of pyridine rings is 1. The number of hydrogen-bond donors (Lipinski definition) is 2. The Morgan fingerprint density at radius 1 is 1.31 bits per heavy atom. The Hall–Kier alpha value is -2.80. The molecule has 0 amide bonds. The lowest BCUT2D eigenvalue weighted by Gasteiger charge is -2.19. The fourth-order valence-corrected chi connectivity index (χ4v) is 3.57. The SMILES string of the molecule is C=C(NC(=NC(C=C(C)C)=NC)c1scc(C)c1C)N[C@@H](C)c1ccc(F)cn1. The van der Waals surface area contributed by atoms with Crippen LogP contribution < -0.4 is 10.6 Å². The summed E-state index contributed by atoms with van der Waals surface area (Å²) in [6.45, 7) is 14.2. The van der Waals surface area contributed by atoms with E-state index in [9.17, 15) is 4.39 Å². The Morgan fingerprint density at radius 3 is 2.55 bits per heavy atom. The van der Waals surface area contributed by atoms with Gasteiger partial charge < -0.3 is 10.6 Å². The zero-order chi connectivity index (χ0) is 21.6. The van der Waals surface area contributed by atoms with Gasteiger partial charge in [0.15, 0.2) is 5.84 Å². The first-order chi connectivity index (χ1) is 13.7. The van der Waals surface area contributed by atoms with Gasteiger partial charge in [0.25, 0.3) is 0 Å². The first-order valence-corrected chi connectivity index (χ1v) is 10.2. The van der Waals surface area contributed by atoms with Gasteiger partial charge in [0.2, 0.25) is 0 Å². The van der Waals surface area contributed by atoms with Crippen molar-refractivity contribution in [1.29, 1.82) is 0 Å². The summed E-state index contributed by atoms with van der Waals surface area (Å²) >= 11 is 1.62. The molecular weight excluding hydrogens is 385 g/mol. The second kappa shape index (κ2) is 10.1. The van der Waals surface area contributed by atoms with E-state index in [2.05, 4.69) is 46.4 Å². The highest BCUT2D eigenvalue weighted by molar-refractivity contribution is 7.12. The summed E-state index contributed by atoms with van der Waals surface area (Å²) in [5, 5.41) is 8.64. The minimum Gasteiger partial charge on any atom is -0.364 e. The molecule has 5 nitrogen and oxygen atoms in total. The normalized spacial score (nSPS) is 13.1. The van der Waals surface area contributed by atoms with Crippen molar-refractivity contribution in [3.8, 4) is 0 Å². The van der Waals surface area contributed by atoms with E-state index in [4.69, 9.17) is 4.99 Å². The van der Waals surface area contributed by atoms with Crippen LogP contribution in [0.2, 0.25) is 0 Å². The van der Waals surface area contributed by atoms with E-state index < -0.39 is 0 Å². The van der Waals surface area contributed by atoms with E-state index in [1.165, 1.54) is 17.8 Å². The van der Waals surface area contributed by atoms with Gasteiger partial charge in [-0.15, -0.1) is 11.3 Å². The topological polar surface area (TPSA) is 61.7 Å². The summed E-state index contributed by atoms with van der Waals surface area (Å²) in [4.78, 5) is 14.2. The minimum atomic E-state index is -0.360. The van der Waals surface area contributed by atoms with Crippen molar-refractivity contribution in [2.75, 3.05) is 7.05 Å². The van der Waals surface area contributed by atoms with Crippen molar-refractivity contribution in [2.45, 2.75) is 40.7 Å². The maximum Gasteiger partial charge on any atom is 0.151 e. The molecule has 7 heteroatoms. The largest absolute Gasteiger partial charge is 0.364 e. The first kappa shape index (κ1) is 22.5. The van der Waals surface area contributed by atoms with E-state index >= 15 is 0 Å². The van der Waals surface area contributed by atoms with Gasteiger partial charge in [-0.05, 0) is 69.3 Å². The van der Waals surface area contributed by atoms with Crippen molar-refractivity contribution < 1.29 is 4.39 Å². The fourth-order valence-electron chi connectivity index (χ4n) is 2.55. The van der Waals surface area contributed by atoms with E-state index in [0.717, 1.165) is 21.7 Å². The molecule has 29 heavy (non-hydrogen) atoms. The number of amidine groups is 2. The van der Waals surface area contributed by atoms with E-state index in [0.29, 0.717) is 17.5 Å². The molecule has 2 rings (SSSR count). The van der Waals surface area contributed by atoms with Crippen molar-refractivity contribution >= 4 is 23.0 Å². The number of aromatic nitrogens is 1. The molecule has 2 aromatic heterocycles. The fraction of sp³-hybridized carbons (Fsp3) is 0.318. The monoisotopic (exact) mass is 413 g/mol. The van der Waals surface area contributed by atoms with Crippen LogP contribution in [-0.2, 0) is 0 Å². The molecule has 1 atom stereocenters. The highest BCUT2D eigenvalue weighted by atomic mass is 32.1. The summed E-state index contributed by atoms with van der Waals surface area (Å²) < 4.78 is 13.1. The summed E-state index contributed by atoms with van der Waals surface area (Å²) in [6, 6.07) is 2.89. The van der Waals surface area contributed by atoms with Crippen LogP contribution in [-0.4, -0.2) is 23.7 Å². The average Bonchev–Trinajstić information content (AvgIpc) is 2.99. The maximum atomic E-state index is 13.1. The summed E-state index contributed by atoms with van der Waals surface area (Å²) in [5.41, 5.74) is 4.20. The lowest BCUT2D eigenvalue weighted by molar-refractivity contribution is 0.595. The molecule has 0 fully saturated rings. The molecule has 2 heterocycles. The van der Waals surface area contributed by atoms with E-state index in [1.54, 1.807) is 24.5 Å². The second-order valence-electron chi connectivity index (χ2n) is 7.01. The molecule has 154 valence electrons. The highest BCUT2D eigenvalue weighted by Gasteiger charge is 2.15. The van der Waals surface area contributed by atoms with Gasteiger partial charge in [0.1, 0.15) is 11.7 Å². The Labute approximate surface area is 176 Å². The molecule has 0 aliphatic carbocycles. The summed E-state index contributed by atoms with van der Waals surface area (Å²) in [6.07, 6.45) is 3.14. The molecule has 2 N–H and O–H groups in total. The minimum absolute atomic E-state index is 0.153. The molecule has 0 aliphatic rings. The lowest BCUT2D eigenvalue weighted by atomic mass is 10.2. The number of rotatable bonds is 6. The number of nitrogens with one attached hydrogen (secondary N) is 2. The van der Waals surface area contributed by atoms with E-state index in [1.807, 2.05) is 26.8 Å². The molecule has 0 radical (unpaired) electrons. The van der Waals surface area contributed by atoms with Crippen molar-refractivity contribution in [3.05, 3.63) is 75.3 Å². The molecule has 0 spiro atoms. The number of halogens is 1. The van der Waals surface area contributed by atoms with Crippen molar-refractivity contribution in [3.63, 3.8) is 0 Å². The molecule has 0 aromatic carbocycles. The van der Waals surface area contributed by atoms with Crippen LogP contribution in [0.25, 0.3) is 0 Å². The van der Waals surface area contributed by atoms with Gasteiger partial charge in [-0.1, -0.05) is 12.2 Å². The number of allylic oxidation sites excluding steroid dienone is 1. The predicted molar refractivity (Wildman–Crippen MR) is 121 cm³/mol. The standard InChI is InChI=1S/C22H28FN5S/c1-13(2)10-20(24-7)28-22(21-15(4)14(3)12-29-21)27-17(6)26-16(5)19-9-8-18(23)11-25-19/h8-12,16,26H,6H2,1-5,7H3,(H,24,27,28)/t16-/m0/s1. The molecule has 0 aliphatic heterocycles. The number of aliphatic imine (C=N–C) groups is 2. The number of thiophene rings is 1. The third kappa shape index (κ3) is 6.35. The lowest BCUT2D eigenvalue weighted by Crippen LogP contribution is -2.33. The van der Waals surface area contributed by atoms with Gasteiger partial charge in [-0.2, -0.15) is 0 Å². The smallest absolute Gasteiger partial charge is 0.151 e. The second-order valence-corrected chi connectivity index (χ2v) is 7.89. The third-order valence-corrected chi connectivity index (χ3v) is 5.43. The van der Waals surface area contributed by atoms with Gasteiger partial charge >= 0.3 is 0 Å². The molecule has 0 saturated heterocycles. The molecule has 0 saturated carbocycles. The Bertz CT molecular complexity index is 950. The zero-order valence-electron chi connectivity index (χ0n) is 17.8. The molecule has 0 bridgehead atoms. The third-order valence-electron chi connectivity index (χ3n) is 4.23. The van der Waals surface area contributed by atoms with Gasteiger partial charge in [-0.3, -0.25) is 9.98 Å². The van der Waals surface area contributed by atoms with Crippen molar-refractivity contribution in [1.82, 2.24) is 15.6 Å². The van der Waals surface area contributed by atoms with Crippen LogP contribution in [0, 0.1) is 19.7 Å². The molecule has 0 unspecified atom stereocenters. The number of aryl methyl sites for hydroxylation is 1. The van der Waals surface area contributed by atoms with Crippen LogP contribution in [0.5, 0.6) is 0 Å². The van der Waals surface area contributed by atoms with E-state index in [-0.39, 0.29) is 11.9 Å². The van der Waals surface area contributed by atoms with Gasteiger partial charge in [0, 0.05) is 7.05 Å². The summed E-state index contributed by atoms with van der Waals surface area (Å²) in [5.74, 6) is 1.51. The van der Waals surface area contributed by atoms with Crippen LogP contribution >= 0.6 is 11.3 Å². The summed E-state index contributed by atoms with van der Waals surface area (Å²) in [7, 11) is 1.72.